The molecule has 0 saturated heterocycles. The minimum Gasteiger partial charge on any atom is -0.249 e. The van der Waals surface area contributed by atoms with Crippen molar-refractivity contribution in [3.63, 3.8) is 0 Å². The highest BCUT2D eigenvalue weighted by Gasteiger charge is 2.03. The summed E-state index contributed by atoms with van der Waals surface area (Å²) in [7, 11) is 0. The highest BCUT2D eigenvalue weighted by atomic mass is 35.5. The largest absolute Gasteiger partial charge is 0.249 e. The molecule has 88 valence electrons. The summed E-state index contributed by atoms with van der Waals surface area (Å²) in [6, 6.07) is 18.1. The summed E-state index contributed by atoms with van der Waals surface area (Å²) in [5.74, 6) is 0. The molecule has 0 atom stereocenters. The zero-order valence-electron chi connectivity index (χ0n) is 9.51. The summed E-state index contributed by atoms with van der Waals surface area (Å²) in [5.41, 5.74) is 0. The molecule has 0 amide bonds. The first-order valence-corrected chi connectivity index (χ1v) is 6.79. The van der Waals surface area contributed by atoms with Crippen molar-refractivity contribution >= 4 is 34.1 Å². The summed E-state index contributed by atoms with van der Waals surface area (Å²) < 4.78 is 0. The summed E-state index contributed by atoms with van der Waals surface area (Å²) in [6.45, 7) is 0. The maximum atomic E-state index is 5.88. The van der Waals surface area contributed by atoms with Gasteiger partial charge in [0.25, 0.3) is 0 Å². The summed E-state index contributed by atoms with van der Waals surface area (Å²) in [4.78, 5) is 5.60. The number of aromatic nitrogens is 1. The van der Waals surface area contributed by atoms with E-state index in [9.17, 15) is 0 Å². The van der Waals surface area contributed by atoms with Crippen LogP contribution in [0.25, 0.3) is 10.8 Å². The maximum Gasteiger partial charge on any atom is 0.109 e. The average Bonchev–Trinajstić information content (AvgIpc) is 2.42. The van der Waals surface area contributed by atoms with Crippen molar-refractivity contribution in [2.45, 2.75) is 9.92 Å². The van der Waals surface area contributed by atoms with Crippen LogP contribution in [0, 0.1) is 0 Å². The molecule has 2 aromatic carbocycles. The molecule has 0 fully saturated rings. The Balaban J connectivity index is 2.02. The van der Waals surface area contributed by atoms with E-state index in [0.717, 1.165) is 14.9 Å². The van der Waals surface area contributed by atoms with Gasteiger partial charge in [0, 0.05) is 21.5 Å². The van der Waals surface area contributed by atoms with Gasteiger partial charge in [-0.1, -0.05) is 47.6 Å². The zero-order valence-corrected chi connectivity index (χ0v) is 11.1. The number of nitrogens with zero attached hydrogens (tertiary/aromatic N) is 1. The van der Waals surface area contributed by atoms with Crippen molar-refractivity contribution in [2.75, 3.05) is 0 Å². The minimum atomic E-state index is 0.755. The molecule has 1 heterocycles. The molecule has 0 bridgehead atoms. The van der Waals surface area contributed by atoms with Crippen molar-refractivity contribution in [2.24, 2.45) is 0 Å². The fourth-order valence-electron chi connectivity index (χ4n) is 1.79. The standard InChI is InChI=1S/C15H10ClNS/c16-12-5-7-13(8-6-12)18-15-14-4-2-1-3-11(14)9-10-17-15/h1-10H. The van der Waals surface area contributed by atoms with Gasteiger partial charge < -0.3 is 0 Å². The van der Waals surface area contributed by atoms with Gasteiger partial charge in [-0.2, -0.15) is 0 Å². The van der Waals surface area contributed by atoms with Crippen LogP contribution in [-0.2, 0) is 0 Å². The van der Waals surface area contributed by atoms with E-state index in [1.165, 1.54) is 10.8 Å². The highest BCUT2D eigenvalue weighted by Crippen LogP contribution is 2.31. The molecule has 0 saturated carbocycles. The first kappa shape index (κ1) is 11.6. The van der Waals surface area contributed by atoms with Crippen molar-refractivity contribution in [1.29, 1.82) is 0 Å². The van der Waals surface area contributed by atoms with Gasteiger partial charge in [-0.05, 0) is 35.7 Å². The number of rotatable bonds is 2. The predicted octanol–water partition coefficient (Wildman–Crippen LogP) is 5.04. The molecule has 0 unspecified atom stereocenters. The summed E-state index contributed by atoms with van der Waals surface area (Å²) >= 11 is 7.54. The van der Waals surface area contributed by atoms with E-state index in [-0.39, 0.29) is 0 Å². The van der Waals surface area contributed by atoms with Crippen LogP contribution in [0.1, 0.15) is 0 Å². The van der Waals surface area contributed by atoms with Crippen LogP contribution in [0.3, 0.4) is 0 Å². The van der Waals surface area contributed by atoms with Crippen molar-refractivity contribution in [3.05, 3.63) is 65.8 Å². The lowest BCUT2D eigenvalue weighted by Gasteiger charge is -2.05. The van der Waals surface area contributed by atoms with Crippen LogP contribution in [0.15, 0.2) is 70.7 Å². The van der Waals surface area contributed by atoms with Crippen molar-refractivity contribution in [1.82, 2.24) is 4.98 Å². The molecule has 0 aliphatic heterocycles. The number of fused-ring (bicyclic) bond motifs is 1. The second-order valence-electron chi connectivity index (χ2n) is 3.89. The monoisotopic (exact) mass is 271 g/mol. The SMILES string of the molecule is Clc1ccc(Sc2nccc3ccccc23)cc1. The van der Waals surface area contributed by atoms with Crippen LogP contribution >= 0.6 is 23.4 Å². The van der Waals surface area contributed by atoms with Crippen LogP contribution in [0.4, 0.5) is 0 Å². The fourth-order valence-corrected chi connectivity index (χ4v) is 2.82. The van der Waals surface area contributed by atoms with Gasteiger partial charge in [-0.15, -0.1) is 0 Å². The maximum absolute atomic E-state index is 5.88. The van der Waals surface area contributed by atoms with Gasteiger partial charge in [0.2, 0.25) is 0 Å². The van der Waals surface area contributed by atoms with Gasteiger partial charge in [-0.3, -0.25) is 0 Å². The Hall–Kier alpha value is -1.51. The van der Waals surface area contributed by atoms with Crippen molar-refractivity contribution < 1.29 is 0 Å². The molecule has 3 rings (SSSR count). The average molecular weight is 272 g/mol. The predicted molar refractivity (Wildman–Crippen MR) is 77.3 cm³/mol. The van der Waals surface area contributed by atoms with E-state index in [2.05, 4.69) is 17.1 Å². The van der Waals surface area contributed by atoms with Gasteiger partial charge >= 0.3 is 0 Å². The summed E-state index contributed by atoms with van der Waals surface area (Å²) in [6.07, 6.45) is 1.85. The Morgan fingerprint density at radius 2 is 1.67 bits per heavy atom. The van der Waals surface area contributed by atoms with E-state index in [4.69, 9.17) is 11.6 Å². The number of benzene rings is 2. The Labute approximate surface area is 115 Å². The molecule has 0 radical (unpaired) electrons. The number of hydrogen-bond acceptors (Lipinski definition) is 2. The molecule has 3 heteroatoms. The van der Waals surface area contributed by atoms with E-state index in [0.29, 0.717) is 0 Å². The molecule has 3 aromatic rings. The smallest absolute Gasteiger partial charge is 0.109 e. The molecule has 0 aliphatic rings. The normalized spacial score (nSPS) is 10.7. The Morgan fingerprint density at radius 3 is 2.50 bits per heavy atom. The van der Waals surface area contributed by atoms with Crippen LogP contribution in [-0.4, -0.2) is 4.98 Å². The van der Waals surface area contributed by atoms with Crippen molar-refractivity contribution in [3.8, 4) is 0 Å². The molecular formula is C15H10ClNS. The van der Waals surface area contributed by atoms with E-state index in [1.54, 1.807) is 11.8 Å². The number of pyridine rings is 1. The third-order valence-electron chi connectivity index (χ3n) is 2.67. The lowest BCUT2D eigenvalue weighted by Crippen LogP contribution is -1.82. The van der Waals surface area contributed by atoms with Gasteiger partial charge in [0.1, 0.15) is 5.03 Å². The molecule has 1 aromatic heterocycles. The van der Waals surface area contributed by atoms with Crippen LogP contribution in [0.5, 0.6) is 0 Å². The van der Waals surface area contributed by atoms with E-state index < -0.39 is 0 Å². The number of halogens is 1. The molecule has 1 nitrogen and oxygen atoms in total. The second-order valence-corrected chi connectivity index (χ2v) is 5.39. The molecule has 18 heavy (non-hydrogen) atoms. The number of hydrogen-bond donors (Lipinski definition) is 0. The first-order valence-electron chi connectivity index (χ1n) is 5.60. The second kappa shape index (κ2) is 5.01. The van der Waals surface area contributed by atoms with Gasteiger partial charge in [0.05, 0.1) is 0 Å². The summed E-state index contributed by atoms with van der Waals surface area (Å²) in [5, 5.41) is 4.17. The molecule has 0 N–H and O–H groups in total. The lowest BCUT2D eigenvalue weighted by molar-refractivity contribution is 1.17. The highest BCUT2D eigenvalue weighted by molar-refractivity contribution is 7.99. The first-order chi connectivity index (χ1) is 8.83. The van der Waals surface area contributed by atoms with Gasteiger partial charge in [-0.25, -0.2) is 4.98 Å². The molecular weight excluding hydrogens is 262 g/mol. The topological polar surface area (TPSA) is 12.9 Å². The third-order valence-corrected chi connectivity index (χ3v) is 3.94. The van der Waals surface area contributed by atoms with E-state index in [1.807, 2.05) is 48.7 Å². The molecule has 0 spiro atoms. The third kappa shape index (κ3) is 2.35. The minimum absolute atomic E-state index is 0.755. The van der Waals surface area contributed by atoms with Gasteiger partial charge in [0.15, 0.2) is 0 Å². The van der Waals surface area contributed by atoms with E-state index >= 15 is 0 Å². The fraction of sp³-hybridized carbons (Fsp3) is 0. The Morgan fingerprint density at radius 1 is 0.889 bits per heavy atom. The Bertz CT molecular complexity index is 674. The zero-order chi connectivity index (χ0) is 12.4. The molecule has 0 aliphatic carbocycles. The van der Waals surface area contributed by atoms with Crippen LogP contribution in [0.2, 0.25) is 5.02 Å². The van der Waals surface area contributed by atoms with Crippen LogP contribution < -0.4 is 0 Å². The quantitative estimate of drug-likeness (QED) is 0.648. The lowest BCUT2D eigenvalue weighted by atomic mass is 10.2. The Kier molecular flexibility index (Phi) is 3.22.